The number of para-hydroxylation sites is 1. The molecule has 0 aliphatic carbocycles. The molecule has 2 aromatic carbocycles. The Morgan fingerprint density at radius 1 is 1.09 bits per heavy atom. The summed E-state index contributed by atoms with van der Waals surface area (Å²) in [4.78, 5) is 30.7. The van der Waals surface area contributed by atoms with E-state index in [1.807, 2.05) is 31.3 Å². The second-order valence-electron chi connectivity index (χ2n) is 8.27. The fourth-order valence-electron chi connectivity index (χ4n) is 4.30. The van der Waals surface area contributed by atoms with Gasteiger partial charge in [0.25, 0.3) is 11.2 Å². The summed E-state index contributed by atoms with van der Waals surface area (Å²) in [5.74, 6) is 0. The van der Waals surface area contributed by atoms with Gasteiger partial charge in [-0.2, -0.15) is 0 Å². The molecular weight excluding hydrogens is 424 g/mol. The van der Waals surface area contributed by atoms with Crippen molar-refractivity contribution < 1.29 is 4.92 Å². The van der Waals surface area contributed by atoms with Crippen LogP contribution >= 0.6 is 11.3 Å². The average Bonchev–Trinajstić information content (AvgIpc) is 3.38. The third-order valence-corrected chi connectivity index (χ3v) is 7.01. The fraction of sp³-hybridized carbons (Fsp3) is 0.167. The summed E-state index contributed by atoms with van der Waals surface area (Å²) in [6, 6.07) is 14.5. The Kier molecular flexibility index (Phi) is 4.49. The summed E-state index contributed by atoms with van der Waals surface area (Å²) >= 11 is 1.33. The summed E-state index contributed by atoms with van der Waals surface area (Å²) in [5.41, 5.74) is 4.63. The van der Waals surface area contributed by atoms with Gasteiger partial charge >= 0.3 is 0 Å². The van der Waals surface area contributed by atoms with Crippen molar-refractivity contribution in [1.82, 2.24) is 9.38 Å². The number of fused-ring (bicyclic) bond motifs is 2. The maximum atomic E-state index is 13.0. The van der Waals surface area contributed by atoms with E-state index < -0.39 is 4.92 Å². The molecule has 0 radical (unpaired) electrons. The van der Waals surface area contributed by atoms with E-state index in [1.54, 1.807) is 18.3 Å². The van der Waals surface area contributed by atoms with Gasteiger partial charge in [0.2, 0.25) is 0 Å². The molecule has 0 saturated heterocycles. The Balaban J connectivity index is 1.52. The van der Waals surface area contributed by atoms with E-state index in [-0.39, 0.29) is 16.7 Å². The maximum absolute atomic E-state index is 13.0. The van der Waals surface area contributed by atoms with E-state index in [1.165, 1.54) is 39.1 Å². The van der Waals surface area contributed by atoms with Crippen LogP contribution in [-0.2, 0) is 5.41 Å². The van der Waals surface area contributed by atoms with E-state index in [0.29, 0.717) is 15.2 Å². The fourth-order valence-corrected chi connectivity index (χ4v) is 5.19. The van der Waals surface area contributed by atoms with Crippen LogP contribution in [0.25, 0.3) is 22.3 Å². The van der Waals surface area contributed by atoms with Crippen LogP contribution in [0.2, 0.25) is 0 Å². The van der Waals surface area contributed by atoms with Gasteiger partial charge in [0.05, 0.1) is 15.1 Å². The minimum absolute atomic E-state index is 0.0196. The van der Waals surface area contributed by atoms with Gasteiger partial charge in [0, 0.05) is 47.7 Å². The minimum Gasteiger partial charge on any atom is -0.347 e. The van der Waals surface area contributed by atoms with Crippen molar-refractivity contribution in [2.24, 2.45) is 0 Å². The van der Waals surface area contributed by atoms with E-state index in [2.05, 4.69) is 35.9 Å². The lowest BCUT2D eigenvalue weighted by atomic mass is 9.84. The van der Waals surface area contributed by atoms with Crippen molar-refractivity contribution in [2.45, 2.75) is 19.3 Å². The van der Waals surface area contributed by atoms with Crippen molar-refractivity contribution in [1.29, 1.82) is 0 Å². The number of aromatic nitrogens is 2. The van der Waals surface area contributed by atoms with Gasteiger partial charge in [-0.1, -0.05) is 43.4 Å². The van der Waals surface area contributed by atoms with Gasteiger partial charge in [-0.15, -0.1) is 0 Å². The number of rotatable bonds is 3. The first-order chi connectivity index (χ1) is 15.3. The number of hydrogen-bond donors (Lipinski definition) is 0. The molecule has 0 fully saturated rings. The number of hydrogen-bond acceptors (Lipinski definition) is 6. The molecule has 0 bridgehead atoms. The zero-order chi connectivity index (χ0) is 22.6. The van der Waals surface area contributed by atoms with Crippen LogP contribution < -0.4 is 15.0 Å². The Bertz CT molecular complexity index is 1510. The van der Waals surface area contributed by atoms with Crippen LogP contribution in [-0.4, -0.2) is 21.4 Å². The lowest BCUT2D eigenvalue weighted by Crippen LogP contribution is -2.24. The Labute approximate surface area is 187 Å². The molecule has 4 aromatic rings. The van der Waals surface area contributed by atoms with Gasteiger partial charge in [0.15, 0.2) is 4.96 Å². The lowest BCUT2D eigenvalue weighted by Gasteiger charge is -2.23. The highest BCUT2D eigenvalue weighted by Gasteiger charge is 2.37. The number of nitro groups is 1. The quantitative estimate of drug-likeness (QED) is 0.350. The van der Waals surface area contributed by atoms with Crippen LogP contribution in [0.15, 0.2) is 71.3 Å². The summed E-state index contributed by atoms with van der Waals surface area (Å²) in [6.07, 6.45) is 5.57. The van der Waals surface area contributed by atoms with Gasteiger partial charge in [-0.25, -0.2) is 4.98 Å². The van der Waals surface area contributed by atoms with Crippen LogP contribution in [0.1, 0.15) is 19.4 Å². The number of nitro benzene ring substituents is 1. The molecule has 1 aliphatic heterocycles. The zero-order valence-electron chi connectivity index (χ0n) is 17.8. The van der Waals surface area contributed by atoms with Crippen molar-refractivity contribution >= 4 is 33.7 Å². The normalized spacial score (nSPS) is 16.8. The lowest BCUT2D eigenvalue weighted by molar-refractivity contribution is -0.384. The molecule has 8 heteroatoms. The molecule has 160 valence electrons. The largest absolute Gasteiger partial charge is 0.347 e. The third kappa shape index (κ3) is 3.03. The highest BCUT2D eigenvalue weighted by molar-refractivity contribution is 7.15. The molecule has 1 aliphatic rings. The maximum Gasteiger partial charge on any atom is 0.274 e. The number of allylic oxidation sites excluding steroid dienone is 2. The van der Waals surface area contributed by atoms with Crippen LogP contribution in [0.4, 0.5) is 11.4 Å². The highest BCUT2D eigenvalue weighted by Crippen LogP contribution is 2.46. The monoisotopic (exact) mass is 444 g/mol. The standard InChI is InChI=1S/C24H20N4O3S/c1-24(2)17-6-4-5-7-19(17)26(3)21(24)13-12-20-22(29)27-14-18(25-23(27)32-20)15-8-10-16(11-9-15)28(30)31/h4-14H,1-3H3. The summed E-state index contributed by atoms with van der Waals surface area (Å²) in [7, 11) is 2.04. The second-order valence-corrected chi connectivity index (χ2v) is 9.28. The molecule has 7 nitrogen and oxygen atoms in total. The zero-order valence-corrected chi connectivity index (χ0v) is 18.6. The molecule has 2 aromatic heterocycles. The highest BCUT2D eigenvalue weighted by atomic mass is 32.1. The SMILES string of the molecule is CN1C(=CC=c2sc3nc(-c4ccc([N+](=O)[O-])cc4)cn3c2=O)C(C)(C)c2ccccc21. The van der Waals surface area contributed by atoms with Gasteiger partial charge in [0.1, 0.15) is 0 Å². The van der Waals surface area contributed by atoms with Crippen molar-refractivity contribution in [3.8, 4) is 11.3 Å². The topological polar surface area (TPSA) is 80.8 Å². The van der Waals surface area contributed by atoms with Crippen LogP contribution in [0.5, 0.6) is 0 Å². The third-order valence-electron chi connectivity index (χ3n) is 6.01. The summed E-state index contributed by atoms with van der Waals surface area (Å²) < 4.78 is 2.14. The number of nitrogens with zero attached hydrogens (tertiary/aromatic N) is 4. The van der Waals surface area contributed by atoms with Gasteiger partial charge < -0.3 is 4.90 Å². The number of likely N-dealkylation sites (N-methyl/N-ethyl adjacent to an activating group) is 1. The minimum atomic E-state index is -0.441. The molecule has 5 rings (SSSR count). The van der Waals surface area contributed by atoms with Crippen LogP contribution in [0, 0.1) is 10.1 Å². The molecule has 3 heterocycles. The first kappa shape index (κ1) is 20.1. The number of non-ortho nitro benzene ring substituents is 1. The summed E-state index contributed by atoms with van der Waals surface area (Å²) in [6.45, 7) is 4.37. The molecule has 32 heavy (non-hydrogen) atoms. The molecular formula is C24H20N4O3S. The van der Waals surface area contributed by atoms with E-state index in [0.717, 1.165) is 11.3 Å². The van der Waals surface area contributed by atoms with Gasteiger partial charge in [-0.3, -0.25) is 19.3 Å². The number of imidazole rings is 1. The molecule has 0 amide bonds. The molecule has 0 N–H and O–H groups in total. The van der Waals surface area contributed by atoms with Gasteiger partial charge in [-0.05, 0) is 35.9 Å². The van der Waals surface area contributed by atoms with Crippen molar-refractivity contribution in [3.63, 3.8) is 0 Å². The average molecular weight is 445 g/mol. The molecule has 0 atom stereocenters. The van der Waals surface area contributed by atoms with E-state index in [9.17, 15) is 14.9 Å². The second kappa shape index (κ2) is 7.13. The Hall–Kier alpha value is -3.78. The van der Waals surface area contributed by atoms with E-state index in [4.69, 9.17) is 0 Å². The van der Waals surface area contributed by atoms with Crippen molar-refractivity contribution in [2.75, 3.05) is 11.9 Å². The first-order valence-electron chi connectivity index (χ1n) is 10.1. The molecule has 0 spiro atoms. The first-order valence-corrected chi connectivity index (χ1v) is 10.9. The predicted molar refractivity (Wildman–Crippen MR) is 127 cm³/mol. The molecule has 0 unspecified atom stereocenters. The Morgan fingerprint density at radius 2 is 1.81 bits per heavy atom. The smallest absolute Gasteiger partial charge is 0.274 e. The number of benzene rings is 2. The molecule has 0 saturated carbocycles. The summed E-state index contributed by atoms with van der Waals surface area (Å²) in [5, 5.41) is 10.8. The van der Waals surface area contributed by atoms with Crippen LogP contribution in [0.3, 0.4) is 0 Å². The number of anilines is 1. The van der Waals surface area contributed by atoms with E-state index >= 15 is 0 Å². The van der Waals surface area contributed by atoms with Crippen molar-refractivity contribution in [3.05, 3.63) is 97.1 Å². The Morgan fingerprint density at radius 3 is 2.47 bits per heavy atom. The number of thiazole rings is 1. The predicted octanol–water partition coefficient (Wildman–Crippen LogP) is 4.14.